The van der Waals surface area contributed by atoms with Gasteiger partial charge in [0.1, 0.15) is 5.82 Å². The fourth-order valence-corrected chi connectivity index (χ4v) is 2.49. The summed E-state index contributed by atoms with van der Waals surface area (Å²) in [6.45, 7) is 1.82. The summed E-state index contributed by atoms with van der Waals surface area (Å²) in [5, 5.41) is 5.86. The average Bonchev–Trinajstić information content (AvgIpc) is 2.73. The quantitative estimate of drug-likeness (QED) is 0.856. The number of aryl methyl sites for hydroxylation is 1. The van der Waals surface area contributed by atoms with Crippen molar-refractivity contribution in [2.75, 3.05) is 17.7 Å². The third kappa shape index (κ3) is 2.89. The number of alkyl halides is 2. The van der Waals surface area contributed by atoms with E-state index in [-0.39, 0.29) is 11.5 Å². The molecule has 2 heterocycles. The van der Waals surface area contributed by atoms with Gasteiger partial charge in [0.25, 0.3) is 0 Å². The molecule has 0 bridgehead atoms. The first kappa shape index (κ1) is 14.8. The van der Waals surface area contributed by atoms with Gasteiger partial charge in [-0.3, -0.25) is 0 Å². The summed E-state index contributed by atoms with van der Waals surface area (Å²) in [5.74, 6) is 0.864. The largest absolute Gasteiger partial charge is 0.586 e. The lowest BCUT2D eigenvalue weighted by molar-refractivity contribution is -0.286. The average molecular weight is 373 g/mol. The van der Waals surface area contributed by atoms with Gasteiger partial charge in [0, 0.05) is 30.6 Å². The van der Waals surface area contributed by atoms with Crippen LogP contribution >= 0.6 is 15.9 Å². The lowest BCUT2D eigenvalue weighted by Gasteiger charge is -2.09. The molecule has 0 unspecified atom stereocenters. The van der Waals surface area contributed by atoms with Crippen molar-refractivity contribution in [1.29, 1.82) is 0 Å². The molecule has 0 atom stereocenters. The second-order valence-electron chi connectivity index (χ2n) is 4.55. The van der Waals surface area contributed by atoms with Crippen molar-refractivity contribution in [2.45, 2.75) is 13.2 Å². The highest BCUT2D eigenvalue weighted by Crippen LogP contribution is 2.47. The first-order valence-electron chi connectivity index (χ1n) is 6.26. The normalized spacial score (nSPS) is 14.8. The van der Waals surface area contributed by atoms with E-state index in [1.807, 2.05) is 6.92 Å². The molecule has 1 aromatic carbocycles. The van der Waals surface area contributed by atoms with Gasteiger partial charge < -0.3 is 20.1 Å². The highest BCUT2D eigenvalue weighted by molar-refractivity contribution is 9.10. The van der Waals surface area contributed by atoms with E-state index in [0.717, 1.165) is 5.69 Å². The molecule has 0 saturated carbocycles. The third-order valence-corrected chi connectivity index (χ3v) is 3.41. The van der Waals surface area contributed by atoms with Crippen molar-refractivity contribution >= 4 is 33.4 Å². The van der Waals surface area contributed by atoms with Crippen LogP contribution in [0.25, 0.3) is 0 Å². The fraction of sp³-hybridized carbons (Fsp3) is 0.231. The number of hydrogen-bond donors (Lipinski definition) is 2. The topological polar surface area (TPSA) is 68.3 Å². The van der Waals surface area contributed by atoms with Crippen molar-refractivity contribution < 1.29 is 18.3 Å². The van der Waals surface area contributed by atoms with E-state index in [1.165, 1.54) is 6.07 Å². The Balaban J connectivity index is 1.92. The number of nitrogens with one attached hydrogen (secondary N) is 2. The van der Waals surface area contributed by atoms with Crippen LogP contribution in [-0.4, -0.2) is 23.3 Å². The summed E-state index contributed by atoms with van der Waals surface area (Å²) in [5.41, 5.74) is 1.24. The number of anilines is 3. The Bertz CT molecular complexity index is 742. The summed E-state index contributed by atoms with van der Waals surface area (Å²) >= 11 is 3.17. The van der Waals surface area contributed by atoms with Crippen LogP contribution in [0.3, 0.4) is 0 Å². The van der Waals surface area contributed by atoms with Gasteiger partial charge in [-0.25, -0.2) is 4.98 Å². The number of ether oxygens (including phenoxy) is 2. The molecule has 2 N–H and O–H groups in total. The molecule has 0 saturated heterocycles. The molecule has 6 nitrogen and oxygen atoms in total. The minimum Gasteiger partial charge on any atom is -0.395 e. The SMILES string of the molecule is CNc1cc(C)nc(Nc2cc(Br)c3c(c2)OC(F)(F)O3)n1. The van der Waals surface area contributed by atoms with Crippen LogP contribution in [0.1, 0.15) is 5.69 Å². The minimum atomic E-state index is -3.66. The van der Waals surface area contributed by atoms with E-state index in [1.54, 1.807) is 19.2 Å². The van der Waals surface area contributed by atoms with E-state index in [9.17, 15) is 8.78 Å². The highest BCUT2D eigenvalue weighted by Gasteiger charge is 2.44. The van der Waals surface area contributed by atoms with Gasteiger partial charge in [-0.1, -0.05) is 0 Å². The van der Waals surface area contributed by atoms with Gasteiger partial charge in [0.15, 0.2) is 11.5 Å². The van der Waals surface area contributed by atoms with E-state index in [0.29, 0.717) is 21.9 Å². The summed E-state index contributed by atoms with van der Waals surface area (Å²) in [7, 11) is 1.74. The van der Waals surface area contributed by atoms with E-state index in [2.05, 4.69) is 46.0 Å². The van der Waals surface area contributed by atoms with Crippen LogP contribution in [0.2, 0.25) is 0 Å². The zero-order valence-corrected chi connectivity index (χ0v) is 13.2. The first-order valence-corrected chi connectivity index (χ1v) is 7.05. The van der Waals surface area contributed by atoms with E-state index >= 15 is 0 Å². The zero-order chi connectivity index (χ0) is 15.9. The highest BCUT2D eigenvalue weighted by atomic mass is 79.9. The molecule has 3 rings (SSSR count). The molecule has 1 aromatic heterocycles. The number of rotatable bonds is 3. The van der Waals surface area contributed by atoms with Crippen molar-refractivity contribution in [3.05, 3.63) is 28.4 Å². The third-order valence-electron chi connectivity index (χ3n) is 2.83. The van der Waals surface area contributed by atoms with Crippen LogP contribution in [0.4, 0.5) is 26.2 Å². The van der Waals surface area contributed by atoms with E-state index in [4.69, 9.17) is 0 Å². The van der Waals surface area contributed by atoms with Gasteiger partial charge in [0.2, 0.25) is 5.95 Å². The van der Waals surface area contributed by atoms with Gasteiger partial charge in [-0.15, -0.1) is 8.78 Å². The monoisotopic (exact) mass is 372 g/mol. The molecular weight excluding hydrogens is 362 g/mol. The zero-order valence-electron chi connectivity index (χ0n) is 11.6. The van der Waals surface area contributed by atoms with Crippen molar-refractivity contribution in [2.24, 2.45) is 0 Å². The number of fused-ring (bicyclic) bond motifs is 1. The Kier molecular flexibility index (Phi) is 3.51. The Hall–Kier alpha value is -2.16. The van der Waals surface area contributed by atoms with Crippen molar-refractivity contribution in [3.8, 4) is 11.5 Å². The molecule has 0 spiro atoms. The molecule has 1 aliphatic heterocycles. The Labute approximate surface area is 133 Å². The first-order chi connectivity index (χ1) is 10.4. The number of halogens is 3. The molecule has 22 heavy (non-hydrogen) atoms. The van der Waals surface area contributed by atoms with Crippen LogP contribution in [0.15, 0.2) is 22.7 Å². The molecule has 0 fully saturated rings. The van der Waals surface area contributed by atoms with Crippen LogP contribution in [-0.2, 0) is 0 Å². The van der Waals surface area contributed by atoms with Crippen LogP contribution in [0, 0.1) is 6.92 Å². The maximum atomic E-state index is 13.1. The number of benzene rings is 1. The molecule has 0 amide bonds. The molecule has 2 aromatic rings. The Morgan fingerprint density at radius 3 is 2.68 bits per heavy atom. The van der Waals surface area contributed by atoms with Gasteiger partial charge in [0.05, 0.1) is 4.47 Å². The maximum Gasteiger partial charge on any atom is 0.586 e. The molecule has 0 radical (unpaired) electrons. The smallest absolute Gasteiger partial charge is 0.395 e. The fourth-order valence-electron chi connectivity index (χ4n) is 1.96. The second-order valence-corrected chi connectivity index (χ2v) is 5.40. The summed E-state index contributed by atoms with van der Waals surface area (Å²) in [6.07, 6.45) is -3.66. The number of hydrogen-bond acceptors (Lipinski definition) is 6. The predicted molar refractivity (Wildman–Crippen MR) is 79.9 cm³/mol. The van der Waals surface area contributed by atoms with Gasteiger partial charge in [-0.05, 0) is 28.9 Å². The van der Waals surface area contributed by atoms with Crippen LogP contribution < -0.4 is 20.1 Å². The molecular formula is C13H11BrF2N4O2. The van der Waals surface area contributed by atoms with E-state index < -0.39 is 6.29 Å². The predicted octanol–water partition coefficient (Wildman–Crippen LogP) is 3.65. The minimum absolute atomic E-state index is 0.0448. The number of nitrogens with zero attached hydrogens (tertiary/aromatic N) is 2. The standard InChI is InChI=1S/C13H11BrF2N4O2/c1-6-3-10(17-2)20-12(18-6)19-7-4-8(14)11-9(5-7)21-13(15,16)22-11/h3-5H,1-2H3,(H2,17,18,19,20). The van der Waals surface area contributed by atoms with Crippen molar-refractivity contribution in [3.63, 3.8) is 0 Å². The van der Waals surface area contributed by atoms with Gasteiger partial charge >= 0.3 is 6.29 Å². The Morgan fingerprint density at radius 1 is 1.18 bits per heavy atom. The van der Waals surface area contributed by atoms with Crippen molar-refractivity contribution in [1.82, 2.24) is 9.97 Å². The number of aromatic nitrogens is 2. The summed E-state index contributed by atoms with van der Waals surface area (Å²) in [4.78, 5) is 8.46. The molecule has 9 heteroatoms. The summed E-state index contributed by atoms with van der Waals surface area (Å²) < 4.78 is 35.4. The second kappa shape index (κ2) is 5.24. The molecule has 1 aliphatic rings. The molecule has 0 aliphatic carbocycles. The Morgan fingerprint density at radius 2 is 1.95 bits per heavy atom. The summed E-state index contributed by atoms with van der Waals surface area (Å²) in [6, 6.07) is 4.75. The van der Waals surface area contributed by atoms with Crippen LogP contribution in [0.5, 0.6) is 11.5 Å². The van der Waals surface area contributed by atoms with Gasteiger partial charge in [-0.2, -0.15) is 4.98 Å². The molecule has 116 valence electrons. The lowest BCUT2D eigenvalue weighted by Crippen LogP contribution is -2.26. The maximum absolute atomic E-state index is 13.1. The lowest BCUT2D eigenvalue weighted by atomic mass is 10.3.